The van der Waals surface area contributed by atoms with Crippen LogP contribution < -0.4 is 4.90 Å². The van der Waals surface area contributed by atoms with Crippen LogP contribution in [0.2, 0.25) is 0 Å². The Morgan fingerprint density at radius 1 is 1.25 bits per heavy atom. The highest BCUT2D eigenvalue weighted by Crippen LogP contribution is 2.21. The van der Waals surface area contributed by atoms with Crippen molar-refractivity contribution in [2.75, 3.05) is 37.7 Å². The molecule has 0 atom stereocenters. The summed E-state index contributed by atoms with van der Waals surface area (Å²) in [5, 5.41) is 8.76. The summed E-state index contributed by atoms with van der Waals surface area (Å²) in [7, 11) is 0. The lowest BCUT2D eigenvalue weighted by atomic mass is 10.1. The summed E-state index contributed by atoms with van der Waals surface area (Å²) in [6.45, 7) is 8.46. The van der Waals surface area contributed by atoms with Gasteiger partial charge in [-0.3, -0.25) is 4.79 Å². The molecule has 0 bridgehead atoms. The fourth-order valence-corrected chi connectivity index (χ4v) is 2.91. The van der Waals surface area contributed by atoms with Crippen LogP contribution in [0.25, 0.3) is 0 Å². The Bertz CT molecular complexity index is 655. The third-order valence-corrected chi connectivity index (χ3v) is 4.23. The lowest BCUT2D eigenvalue weighted by Crippen LogP contribution is -2.36. The van der Waals surface area contributed by atoms with E-state index in [1.165, 1.54) is 0 Å². The normalized spacial score (nSPS) is 17.8. The molecule has 0 aromatic carbocycles. The zero-order valence-electron chi connectivity index (χ0n) is 14.4. The van der Waals surface area contributed by atoms with Gasteiger partial charge < -0.3 is 14.5 Å². The van der Waals surface area contributed by atoms with Gasteiger partial charge in [0, 0.05) is 45.1 Å². The van der Waals surface area contributed by atoms with Gasteiger partial charge in [-0.05, 0) is 24.0 Å². The van der Waals surface area contributed by atoms with Crippen molar-refractivity contribution in [2.24, 2.45) is 5.92 Å². The van der Waals surface area contributed by atoms with Crippen molar-refractivity contribution in [2.45, 2.75) is 33.2 Å². The SMILES string of the molecule is CC(C)C#CC(=O)N1CCc2nnc(N3CCCOCC3)cc2C1. The van der Waals surface area contributed by atoms with Crippen LogP contribution >= 0.6 is 0 Å². The van der Waals surface area contributed by atoms with Gasteiger partial charge in [0.25, 0.3) is 5.91 Å². The number of hydrogen-bond acceptors (Lipinski definition) is 5. The summed E-state index contributed by atoms with van der Waals surface area (Å²) < 4.78 is 5.50. The Labute approximate surface area is 143 Å². The molecule has 3 rings (SSSR count). The van der Waals surface area contributed by atoms with Crippen LogP contribution in [0.15, 0.2) is 6.07 Å². The minimum atomic E-state index is -0.101. The molecule has 1 fully saturated rings. The molecule has 6 heteroatoms. The van der Waals surface area contributed by atoms with Crippen LogP contribution in [0.3, 0.4) is 0 Å². The van der Waals surface area contributed by atoms with Gasteiger partial charge in [0.2, 0.25) is 0 Å². The Balaban J connectivity index is 1.74. The highest BCUT2D eigenvalue weighted by molar-refractivity contribution is 5.93. The van der Waals surface area contributed by atoms with Crippen LogP contribution in [0.4, 0.5) is 5.82 Å². The van der Waals surface area contributed by atoms with Crippen molar-refractivity contribution >= 4 is 11.7 Å². The number of carbonyl (C=O) groups is 1. The summed E-state index contributed by atoms with van der Waals surface area (Å²) in [4.78, 5) is 16.2. The molecule has 0 spiro atoms. The van der Waals surface area contributed by atoms with Crippen LogP contribution in [0.1, 0.15) is 31.5 Å². The van der Waals surface area contributed by atoms with Crippen LogP contribution in [0.5, 0.6) is 0 Å². The van der Waals surface area contributed by atoms with E-state index in [0.717, 1.165) is 49.6 Å². The Morgan fingerprint density at radius 3 is 2.96 bits per heavy atom. The lowest BCUT2D eigenvalue weighted by Gasteiger charge is -2.28. The molecular weight excluding hydrogens is 304 g/mol. The number of fused-ring (bicyclic) bond motifs is 1. The molecule has 0 N–H and O–H groups in total. The number of anilines is 1. The molecule has 1 amide bonds. The molecule has 0 unspecified atom stereocenters. The molecule has 0 radical (unpaired) electrons. The first-order valence-corrected chi connectivity index (χ1v) is 8.62. The summed E-state index contributed by atoms with van der Waals surface area (Å²) >= 11 is 0. The molecule has 2 aliphatic heterocycles. The van der Waals surface area contributed by atoms with E-state index in [0.29, 0.717) is 19.7 Å². The smallest absolute Gasteiger partial charge is 0.298 e. The molecule has 2 aliphatic rings. The zero-order chi connectivity index (χ0) is 16.9. The van der Waals surface area contributed by atoms with Gasteiger partial charge in [-0.25, -0.2) is 0 Å². The minimum absolute atomic E-state index is 0.101. The molecule has 1 aromatic heterocycles. The van der Waals surface area contributed by atoms with E-state index in [1.54, 1.807) is 4.90 Å². The molecule has 1 saturated heterocycles. The van der Waals surface area contributed by atoms with Crippen LogP contribution in [-0.2, 0) is 22.5 Å². The molecule has 128 valence electrons. The number of rotatable bonds is 1. The van der Waals surface area contributed by atoms with Gasteiger partial charge in [0.05, 0.1) is 12.3 Å². The summed E-state index contributed by atoms with van der Waals surface area (Å²) in [5.41, 5.74) is 2.07. The number of ether oxygens (including phenoxy) is 1. The van der Waals surface area contributed by atoms with Crippen molar-refractivity contribution in [3.63, 3.8) is 0 Å². The first kappa shape index (κ1) is 16.7. The largest absolute Gasteiger partial charge is 0.380 e. The molecule has 6 nitrogen and oxygen atoms in total. The highest BCUT2D eigenvalue weighted by atomic mass is 16.5. The number of amides is 1. The van der Waals surface area contributed by atoms with Gasteiger partial charge in [-0.2, -0.15) is 5.10 Å². The van der Waals surface area contributed by atoms with Gasteiger partial charge in [0.15, 0.2) is 5.82 Å². The first-order valence-electron chi connectivity index (χ1n) is 8.62. The Morgan fingerprint density at radius 2 is 2.12 bits per heavy atom. The fourth-order valence-electron chi connectivity index (χ4n) is 2.91. The maximum atomic E-state index is 12.2. The summed E-state index contributed by atoms with van der Waals surface area (Å²) in [5.74, 6) is 6.67. The Kier molecular flexibility index (Phi) is 5.31. The van der Waals surface area contributed by atoms with Gasteiger partial charge in [0.1, 0.15) is 0 Å². The Hall–Kier alpha value is -2.13. The van der Waals surface area contributed by atoms with Crippen LogP contribution in [-0.4, -0.2) is 53.9 Å². The van der Waals surface area contributed by atoms with Crippen molar-refractivity contribution in [3.8, 4) is 11.8 Å². The van der Waals surface area contributed by atoms with Gasteiger partial charge in [-0.1, -0.05) is 19.8 Å². The number of carbonyl (C=O) groups excluding carboxylic acids is 1. The molecular formula is C18H24N4O2. The molecule has 3 heterocycles. The maximum absolute atomic E-state index is 12.2. The maximum Gasteiger partial charge on any atom is 0.298 e. The van der Waals surface area contributed by atoms with Crippen molar-refractivity contribution in [3.05, 3.63) is 17.3 Å². The third-order valence-electron chi connectivity index (χ3n) is 4.23. The van der Waals surface area contributed by atoms with E-state index in [1.807, 2.05) is 13.8 Å². The van der Waals surface area contributed by atoms with Crippen molar-refractivity contribution in [1.82, 2.24) is 15.1 Å². The number of nitrogens with zero attached hydrogens (tertiary/aromatic N) is 4. The fraction of sp³-hybridized carbons (Fsp3) is 0.611. The van der Waals surface area contributed by atoms with Crippen molar-refractivity contribution < 1.29 is 9.53 Å². The molecule has 24 heavy (non-hydrogen) atoms. The summed E-state index contributed by atoms with van der Waals surface area (Å²) in [6.07, 6.45) is 1.73. The third kappa shape index (κ3) is 4.04. The van der Waals surface area contributed by atoms with E-state index >= 15 is 0 Å². The van der Waals surface area contributed by atoms with Crippen molar-refractivity contribution in [1.29, 1.82) is 0 Å². The topological polar surface area (TPSA) is 58.6 Å². The monoisotopic (exact) mass is 328 g/mol. The average molecular weight is 328 g/mol. The second-order valence-electron chi connectivity index (χ2n) is 6.53. The zero-order valence-corrected chi connectivity index (χ0v) is 14.4. The van der Waals surface area contributed by atoms with E-state index in [-0.39, 0.29) is 11.8 Å². The predicted octanol–water partition coefficient (Wildman–Crippen LogP) is 1.25. The van der Waals surface area contributed by atoms with Gasteiger partial charge in [-0.15, -0.1) is 5.10 Å². The lowest BCUT2D eigenvalue weighted by molar-refractivity contribution is -0.126. The first-order chi connectivity index (χ1) is 11.6. The van der Waals surface area contributed by atoms with Gasteiger partial charge >= 0.3 is 0 Å². The minimum Gasteiger partial charge on any atom is -0.380 e. The number of hydrogen-bond donors (Lipinski definition) is 0. The summed E-state index contributed by atoms with van der Waals surface area (Å²) in [6, 6.07) is 2.07. The molecule has 1 aromatic rings. The number of aromatic nitrogens is 2. The molecule has 0 aliphatic carbocycles. The highest BCUT2D eigenvalue weighted by Gasteiger charge is 2.22. The second-order valence-corrected chi connectivity index (χ2v) is 6.53. The second kappa shape index (κ2) is 7.63. The van der Waals surface area contributed by atoms with Crippen LogP contribution in [0, 0.1) is 17.8 Å². The van der Waals surface area contributed by atoms with E-state index < -0.39 is 0 Å². The average Bonchev–Trinajstić information content (AvgIpc) is 2.88. The predicted molar refractivity (Wildman–Crippen MR) is 91.4 cm³/mol. The standard InChI is InChI=1S/C18H24N4O2/c1-14(2)4-5-18(23)22-8-6-16-15(13-22)12-17(20-19-16)21-7-3-10-24-11-9-21/h12,14H,3,6-11,13H2,1-2H3. The van der Waals surface area contributed by atoms with E-state index in [9.17, 15) is 4.79 Å². The quantitative estimate of drug-likeness (QED) is 0.726. The molecule has 0 saturated carbocycles. The van der Waals surface area contributed by atoms with E-state index in [2.05, 4.69) is 33.0 Å². The van der Waals surface area contributed by atoms with E-state index in [4.69, 9.17) is 4.74 Å².